The summed E-state index contributed by atoms with van der Waals surface area (Å²) in [6.45, 7) is 0.251. The SMILES string of the molecule is C#CCC(NC(=O)C1(CN)CCCCC1)C(=O)O. The molecule has 1 fully saturated rings. The molecule has 0 spiro atoms. The highest BCUT2D eigenvalue weighted by Gasteiger charge is 2.39. The number of nitrogens with one attached hydrogen (secondary N) is 1. The smallest absolute Gasteiger partial charge is 0.327 e. The van der Waals surface area contributed by atoms with E-state index >= 15 is 0 Å². The molecule has 5 heteroatoms. The lowest BCUT2D eigenvalue weighted by Crippen LogP contribution is -2.52. The number of nitrogens with two attached hydrogens (primary N) is 1. The number of carbonyl (C=O) groups excluding carboxylic acids is 1. The second-order valence-corrected chi connectivity index (χ2v) is 4.82. The molecule has 18 heavy (non-hydrogen) atoms. The summed E-state index contributed by atoms with van der Waals surface area (Å²) >= 11 is 0. The van der Waals surface area contributed by atoms with E-state index in [1.165, 1.54) is 0 Å². The molecule has 100 valence electrons. The molecule has 0 aliphatic heterocycles. The molecule has 1 saturated carbocycles. The van der Waals surface area contributed by atoms with Gasteiger partial charge in [-0.3, -0.25) is 4.79 Å². The number of terminal acetylenes is 1. The number of rotatable bonds is 5. The number of carboxylic acid groups (broad SMARTS) is 1. The van der Waals surface area contributed by atoms with Crippen LogP contribution in [0.2, 0.25) is 0 Å². The van der Waals surface area contributed by atoms with E-state index in [0.717, 1.165) is 32.1 Å². The molecule has 0 aromatic heterocycles. The van der Waals surface area contributed by atoms with Crippen molar-refractivity contribution in [3.63, 3.8) is 0 Å². The summed E-state index contributed by atoms with van der Waals surface area (Å²) in [7, 11) is 0. The van der Waals surface area contributed by atoms with E-state index in [9.17, 15) is 9.59 Å². The fourth-order valence-corrected chi connectivity index (χ4v) is 2.38. The van der Waals surface area contributed by atoms with Gasteiger partial charge < -0.3 is 16.2 Å². The van der Waals surface area contributed by atoms with Gasteiger partial charge in [0.2, 0.25) is 5.91 Å². The molecule has 0 saturated heterocycles. The van der Waals surface area contributed by atoms with Crippen molar-refractivity contribution >= 4 is 11.9 Å². The van der Waals surface area contributed by atoms with E-state index in [2.05, 4.69) is 11.2 Å². The summed E-state index contributed by atoms with van der Waals surface area (Å²) in [5, 5.41) is 11.5. The van der Waals surface area contributed by atoms with Crippen molar-refractivity contribution in [2.75, 3.05) is 6.54 Å². The van der Waals surface area contributed by atoms with Gasteiger partial charge in [0, 0.05) is 13.0 Å². The molecule has 0 aromatic rings. The Bertz CT molecular complexity index is 354. The van der Waals surface area contributed by atoms with Crippen LogP contribution in [0.25, 0.3) is 0 Å². The van der Waals surface area contributed by atoms with Gasteiger partial charge in [0.15, 0.2) is 0 Å². The summed E-state index contributed by atoms with van der Waals surface area (Å²) in [4.78, 5) is 23.2. The minimum atomic E-state index is -1.11. The van der Waals surface area contributed by atoms with Crippen LogP contribution in [-0.4, -0.2) is 29.6 Å². The van der Waals surface area contributed by atoms with Crippen molar-refractivity contribution < 1.29 is 14.7 Å². The van der Waals surface area contributed by atoms with Crippen molar-refractivity contribution in [1.29, 1.82) is 0 Å². The summed E-state index contributed by atoms with van der Waals surface area (Å²) in [6.07, 6.45) is 9.54. The van der Waals surface area contributed by atoms with Gasteiger partial charge in [-0.2, -0.15) is 0 Å². The molecule has 0 bridgehead atoms. The quantitative estimate of drug-likeness (QED) is 0.621. The third kappa shape index (κ3) is 3.23. The Morgan fingerprint density at radius 2 is 2.00 bits per heavy atom. The third-order valence-corrected chi connectivity index (χ3v) is 3.61. The van der Waals surface area contributed by atoms with Crippen LogP contribution in [0.5, 0.6) is 0 Å². The number of aliphatic carboxylic acids is 1. The fourth-order valence-electron chi connectivity index (χ4n) is 2.38. The number of hydrogen-bond acceptors (Lipinski definition) is 3. The molecule has 5 nitrogen and oxygen atoms in total. The zero-order valence-electron chi connectivity index (χ0n) is 10.4. The molecule has 0 aromatic carbocycles. The van der Waals surface area contributed by atoms with Crippen LogP contribution in [0, 0.1) is 17.8 Å². The first kappa shape index (κ1) is 14.5. The molecule has 1 aliphatic rings. The Hall–Kier alpha value is -1.54. The standard InChI is InChI=1S/C13H20N2O3/c1-2-6-10(11(16)17)15-12(18)13(9-14)7-4-3-5-8-13/h1,10H,3-9,14H2,(H,15,18)(H,16,17). The van der Waals surface area contributed by atoms with E-state index in [0.29, 0.717) is 0 Å². The molecule has 0 radical (unpaired) electrons. The predicted molar refractivity (Wildman–Crippen MR) is 67.6 cm³/mol. The van der Waals surface area contributed by atoms with Crippen LogP contribution in [0.4, 0.5) is 0 Å². The number of hydrogen-bond donors (Lipinski definition) is 3. The largest absolute Gasteiger partial charge is 0.480 e. The maximum absolute atomic E-state index is 12.2. The average molecular weight is 252 g/mol. The van der Waals surface area contributed by atoms with Gasteiger partial charge >= 0.3 is 5.97 Å². The van der Waals surface area contributed by atoms with Gasteiger partial charge in [-0.05, 0) is 12.8 Å². The third-order valence-electron chi connectivity index (χ3n) is 3.61. The summed E-state index contributed by atoms with van der Waals surface area (Å²) in [5.74, 6) is 0.883. The summed E-state index contributed by atoms with van der Waals surface area (Å²) in [6, 6.07) is -1.02. The maximum Gasteiger partial charge on any atom is 0.327 e. The first-order valence-electron chi connectivity index (χ1n) is 6.23. The van der Waals surface area contributed by atoms with E-state index in [1.54, 1.807) is 0 Å². The first-order chi connectivity index (χ1) is 8.55. The number of carboxylic acids is 1. The summed E-state index contributed by atoms with van der Waals surface area (Å²) in [5.41, 5.74) is 5.11. The molecule has 4 N–H and O–H groups in total. The monoisotopic (exact) mass is 252 g/mol. The number of carbonyl (C=O) groups is 2. The molecule has 1 aliphatic carbocycles. The van der Waals surface area contributed by atoms with Crippen LogP contribution in [0.3, 0.4) is 0 Å². The van der Waals surface area contributed by atoms with Crippen molar-refractivity contribution in [3.05, 3.63) is 0 Å². The minimum absolute atomic E-state index is 0.0122. The molecule has 1 amide bonds. The van der Waals surface area contributed by atoms with Crippen molar-refractivity contribution in [1.82, 2.24) is 5.32 Å². The second kappa shape index (κ2) is 6.41. The van der Waals surface area contributed by atoms with Crippen LogP contribution < -0.4 is 11.1 Å². The first-order valence-corrected chi connectivity index (χ1v) is 6.23. The molecule has 0 heterocycles. The Morgan fingerprint density at radius 1 is 1.39 bits per heavy atom. The van der Waals surface area contributed by atoms with Gasteiger partial charge in [-0.1, -0.05) is 19.3 Å². The van der Waals surface area contributed by atoms with Crippen LogP contribution in [0.15, 0.2) is 0 Å². The van der Waals surface area contributed by atoms with E-state index in [4.69, 9.17) is 17.3 Å². The van der Waals surface area contributed by atoms with Gasteiger partial charge in [0.05, 0.1) is 5.41 Å². The topological polar surface area (TPSA) is 92.4 Å². The zero-order chi connectivity index (χ0) is 13.6. The predicted octanol–water partition coefficient (Wildman–Crippen LogP) is 0.488. The Balaban J connectivity index is 2.72. The molecular formula is C13H20N2O3. The van der Waals surface area contributed by atoms with E-state index < -0.39 is 17.4 Å². The van der Waals surface area contributed by atoms with Gasteiger partial charge in [0.25, 0.3) is 0 Å². The fraction of sp³-hybridized carbons (Fsp3) is 0.692. The lowest BCUT2D eigenvalue weighted by molar-refractivity contribution is -0.144. The van der Waals surface area contributed by atoms with Gasteiger partial charge in [-0.15, -0.1) is 12.3 Å². The Kier molecular flexibility index (Phi) is 5.17. The van der Waals surface area contributed by atoms with Crippen LogP contribution in [-0.2, 0) is 9.59 Å². The lowest BCUT2D eigenvalue weighted by Gasteiger charge is -2.35. The molecular weight excluding hydrogens is 232 g/mol. The molecule has 1 unspecified atom stereocenters. The lowest BCUT2D eigenvalue weighted by atomic mass is 9.73. The molecule has 1 atom stereocenters. The van der Waals surface area contributed by atoms with Crippen molar-refractivity contribution in [2.24, 2.45) is 11.1 Å². The Labute approximate surface area is 107 Å². The summed E-state index contributed by atoms with van der Waals surface area (Å²) < 4.78 is 0. The highest BCUT2D eigenvalue weighted by Crippen LogP contribution is 2.35. The highest BCUT2D eigenvalue weighted by molar-refractivity contribution is 5.87. The van der Waals surface area contributed by atoms with Crippen molar-refractivity contribution in [2.45, 2.75) is 44.6 Å². The Morgan fingerprint density at radius 3 is 2.44 bits per heavy atom. The second-order valence-electron chi connectivity index (χ2n) is 4.82. The normalized spacial score (nSPS) is 19.6. The molecule has 1 rings (SSSR count). The van der Waals surface area contributed by atoms with Crippen LogP contribution >= 0.6 is 0 Å². The minimum Gasteiger partial charge on any atom is -0.480 e. The van der Waals surface area contributed by atoms with E-state index in [1.807, 2.05) is 0 Å². The van der Waals surface area contributed by atoms with Crippen LogP contribution in [0.1, 0.15) is 38.5 Å². The van der Waals surface area contributed by atoms with E-state index in [-0.39, 0.29) is 18.9 Å². The van der Waals surface area contributed by atoms with Gasteiger partial charge in [0.1, 0.15) is 6.04 Å². The van der Waals surface area contributed by atoms with Gasteiger partial charge in [-0.25, -0.2) is 4.79 Å². The highest BCUT2D eigenvalue weighted by atomic mass is 16.4. The maximum atomic E-state index is 12.2. The zero-order valence-corrected chi connectivity index (χ0v) is 10.4. The number of amides is 1. The van der Waals surface area contributed by atoms with Crippen molar-refractivity contribution in [3.8, 4) is 12.3 Å². The average Bonchev–Trinajstić information content (AvgIpc) is 2.38.